The van der Waals surface area contributed by atoms with Gasteiger partial charge in [0, 0.05) is 19.5 Å². The van der Waals surface area contributed by atoms with Crippen molar-refractivity contribution in [2.45, 2.75) is 81.0 Å². The molecule has 0 spiro atoms. The molecule has 232 valence electrons. The van der Waals surface area contributed by atoms with Gasteiger partial charge in [0.25, 0.3) is 5.91 Å². The van der Waals surface area contributed by atoms with E-state index in [1.54, 1.807) is 0 Å². The summed E-state index contributed by atoms with van der Waals surface area (Å²) in [4.78, 5) is 68.0. The zero-order chi connectivity index (χ0) is 30.8. The number of carbonyl (C=O) groups is 5. The third kappa shape index (κ3) is 8.62. The number of fused-ring (bicyclic) bond motifs is 1. The topological polar surface area (TPSA) is 188 Å². The highest BCUT2D eigenvalue weighted by atomic mass is 32.2. The predicted molar refractivity (Wildman–Crippen MR) is 164 cm³/mol. The van der Waals surface area contributed by atoms with Gasteiger partial charge in [-0.25, -0.2) is 4.79 Å². The summed E-state index contributed by atoms with van der Waals surface area (Å²) in [7, 11) is 0. The van der Waals surface area contributed by atoms with Crippen LogP contribution in [0, 0.1) is 0 Å². The van der Waals surface area contributed by atoms with Gasteiger partial charge in [-0.15, -0.1) is 12.6 Å². The first-order chi connectivity index (χ1) is 20.1. The summed E-state index contributed by atoms with van der Waals surface area (Å²) in [5, 5.41) is 13.6. The summed E-state index contributed by atoms with van der Waals surface area (Å²) in [6, 6.07) is 3.79. The van der Waals surface area contributed by atoms with Gasteiger partial charge in [0.05, 0.1) is 6.04 Å². The van der Waals surface area contributed by atoms with Crippen LogP contribution in [0.1, 0.15) is 49.7 Å². The Morgan fingerprint density at radius 2 is 1.79 bits per heavy atom. The highest BCUT2D eigenvalue weighted by molar-refractivity contribution is 7.98. The Hall–Kier alpha value is -2.81. The molecule has 1 saturated heterocycles. The lowest BCUT2D eigenvalue weighted by atomic mass is 9.92. The molecule has 3 rings (SSSR count). The Labute approximate surface area is 256 Å². The molecular formula is C28H42N6O6S2. The monoisotopic (exact) mass is 622 g/mol. The van der Waals surface area contributed by atoms with E-state index in [1.807, 2.05) is 30.5 Å². The SMILES string of the molecule is CSCC[C@H](NC(=O)[C@@H]1Cc2ccccc2CN1C(=O)[C@@H]1CCCN1C(=O)[C@H](S)NC(=O)[C@@H](N)CCCCN)C(=O)O. The maximum atomic E-state index is 14.0. The standard InChI is InChI=1S/C28H42N6O6S2/c1-42-14-11-20(28(39)40)31-24(36)22-15-17-7-2-3-8-18(17)16-34(22)26(37)21-10-6-13-33(21)27(38)25(41)32-23(35)19(30)9-4-5-12-29/h2-3,7-8,19-22,25,41H,4-6,9-16,29-30H2,1H3,(H,31,36)(H,32,35)(H,39,40)/t19-,20-,21-,22-,25-/m0/s1. The molecule has 7 N–H and O–H groups in total. The average Bonchev–Trinajstić information content (AvgIpc) is 3.47. The van der Waals surface area contributed by atoms with Crippen LogP contribution in [-0.2, 0) is 36.9 Å². The van der Waals surface area contributed by atoms with E-state index in [2.05, 4.69) is 23.3 Å². The molecule has 0 bridgehead atoms. The van der Waals surface area contributed by atoms with Gasteiger partial charge in [0.1, 0.15) is 18.1 Å². The number of carboxylic acid groups (broad SMARTS) is 1. The van der Waals surface area contributed by atoms with E-state index in [-0.39, 0.29) is 19.4 Å². The van der Waals surface area contributed by atoms with Crippen molar-refractivity contribution in [3.05, 3.63) is 35.4 Å². The number of carboxylic acids is 1. The van der Waals surface area contributed by atoms with Gasteiger partial charge in [-0.1, -0.05) is 30.7 Å². The van der Waals surface area contributed by atoms with Crippen molar-refractivity contribution in [1.29, 1.82) is 0 Å². The molecule has 0 saturated carbocycles. The molecule has 0 radical (unpaired) electrons. The number of likely N-dealkylation sites (tertiary alicyclic amines) is 1. The first-order valence-electron chi connectivity index (χ1n) is 14.2. The first-order valence-corrected chi connectivity index (χ1v) is 16.1. The largest absolute Gasteiger partial charge is 0.480 e. The molecule has 4 amide bonds. The predicted octanol–water partition coefficient (Wildman–Crippen LogP) is 0.0818. The molecule has 0 aliphatic carbocycles. The smallest absolute Gasteiger partial charge is 0.326 e. The molecule has 14 heteroatoms. The van der Waals surface area contributed by atoms with E-state index in [4.69, 9.17) is 11.5 Å². The second-order valence-electron chi connectivity index (χ2n) is 10.6. The van der Waals surface area contributed by atoms with Crippen LogP contribution >= 0.6 is 24.4 Å². The zero-order valence-electron chi connectivity index (χ0n) is 23.9. The minimum atomic E-state index is -1.19. The number of hydrogen-bond acceptors (Lipinski definition) is 9. The third-order valence-electron chi connectivity index (χ3n) is 7.70. The fourth-order valence-electron chi connectivity index (χ4n) is 5.33. The maximum absolute atomic E-state index is 14.0. The Morgan fingerprint density at radius 3 is 2.45 bits per heavy atom. The fraction of sp³-hybridized carbons (Fsp3) is 0.607. The lowest BCUT2D eigenvalue weighted by Gasteiger charge is -2.39. The molecule has 2 aliphatic heterocycles. The summed E-state index contributed by atoms with van der Waals surface area (Å²) in [5.74, 6) is -2.59. The fourth-order valence-corrected chi connectivity index (χ4v) is 6.08. The van der Waals surface area contributed by atoms with Crippen LogP contribution in [-0.4, -0.2) is 99.1 Å². The number of amides is 4. The number of hydrogen-bond donors (Lipinski definition) is 6. The lowest BCUT2D eigenvalue weighted by Crippen LogP contribution is -2.60. The van der Waals surface area contributed by atoms with Gasteiger partial charge < -0.3 is 37.0 Å². The summed E-state index contributed by atoms with van der Waals surface area (Å²) < 4.78 is 0. The third-order valence-corrected chi connectivity index (χ3v) is 8.69. The van der Waals surface area contributed by atoms with Crippen LogP contribution in [0.15, 0.2) is 24.3 Å². The first kappa shape index (κ1) is 33.7. The van der Waals surface area contributed by atoms with E-state index in [9.17, 15) is 29.1 Å². The van der Waals surface area contributed by atoms with Crippen LogP contribution < -0.4 is 22.1 Å². The van der Waals surface area contributed by atoms with Gasteiger partial charge in [0.2, 0.25) is 17.7 Å². The maximum Gasteiger partial charge on any atom is 0.326 e. The number of aliphatic carboxylic acids is 1. The van der Waals surface area contributed by atoms with Crippen LogP contribution in [0.2, 0.25) is 0 Å². The minimum absolute atomic E-state index is 0.146. The summed E-state index contributed by atoms with van der Waals surface area (Å²) in [5.41, 5.74) is 13.2. The van der Waals surface area contributed by atoms with E-state index in [1.165, 1.54) is 21.6 Å². The molecule has 1 aromatic rings. The number of unbranched alkanes of at least 4 members (excludes halogenated alkanes) is 1. The van der Waals surface area contributed by atoms with Crippen LogP contribution in [0.25, 0.3) is 0 Å². The molecule has 5 atom stereocenters. The lowest BCUT2D eigenvalue weighted by molar-refractivity contribution is -0.150. The van der Waals surface area contributed by atoms with Crippen LogP contribution in [0.5, 0.6) is 0 Å². The average molecular weight is 623 g/mol. The van der Waals surface area contributed by atoms with Crippen LogP contribution in [0.3, 0.4) is 0 Å². The van der Waals surface area contributed by atoms with Gasteiger partial charge in [-0.05, 0) is 61.8 Å². The number of thiol groups is 1. The van der Waals surface area contributed by atoms with Gasteiger partial charge in [-0.2, -0.15) is 11.8 Å². The van der Waals surface area contributed by atoms with Crippen LogP contribution in [0.4, 0.5) is 0 Å². The highest BCUT2D eigenvalue weighted by Crippen LogP contribution is 2.28. The molecule has 0 aromatic heterocycles. The van der Waals surface area contributed by atoms with Crippen molar-refractivity contribution >= 4 is 54.0 Å². The number of nitrogens with one attached hydrogen (secondary N) is 2. The summed E-state index contributed by atoms with van der Waals surface area (Å²) in [6.07, 6.45) is 5.09. The Bertz CT molecular complexity index is 1140. The molecule has 12 nitrogen and oxygen atoms in total. The molecule has 42 heavy (non-hydrogen) atoms. The van der Waals surface area contributed by atoms with Gasteiger partial charge >= 0.3 is 5.97 Å². The van der Waals surface area contributed by atoms with E-state index in [0.29, 0.717) is 44.5 Å². The van der Waals surface area contributed by atoms with Gasteiger partial charge in [0.15, 0.2) is 5.37 Å². The quantitative estimate of drug-likeness (QED) is 0.0949. The van der Waals surface area contributed by atoms with E-state index >= 15 is 0 Å². The molecule has 0 unspecified atom stereocenters. The molecule has 2 aliphatic rings. The van der Waals surface area contributed by atoms with Crippen molar-refractivity contribution < 1.29 is 29.1 Å². The van der Waals surface area contributed by atoms with E-state index < -0.39 is 59.1 Å². The number of thioether (sulfide) groups is 1. The number of rotatable bonds is 14. The van der Waals surface area contributed by atoms with Crippen molar-refractivity contribution in [2.24, 2.45) is 11.5 Å². The highest BCUT2D eigenvalue weighted by Gasteiger charge is 2.43. The van der Waals surface area contributed by atoms with E-state index in [0.717, 1.165) is 17.5 Å². The van der Waals surface area contributed by atoms with Crippen molar-refractivity contribution in [1.82, 2.24) is 20.4 Å². The minimum Gasteiger partial charge on any atom is -0.480 e. The molecule has 1 aromatic carbocycles. The molecule has 1 fully saturated rings. The Morgan fingerprint density at radius 1 is 1.07 bits per heavy atom. The van der Waals surface area contributed by atoms with Gasteiger partial charge in [-0.3, -0.25) is 19.2 Å². The second kappa shape index (κ2) is 16.1. The number of benzene rings is 1. The van der Waals surface area contributed by atoms with Crippen molar-refractivity contribution in [3.8, 4) is 0 Å². The normalized spacial score (nSPS) is 20.3. The number of nitrogens with zero attached hydrogens (tertiary/aromatic N) is 2. The van der Waals surface area contributed by atoms with Crippen molar-refractivity contribution in [2.75, 3.05) is 25.1 Å². The number of nitrogens with two attached hydrogens (primary N) is 2. The van der Waals surface area contributed by atoms with Crippen molar-refractivity contribution in [3.63, 3.8) is 0 Å². The molecular weight excluding hydrogens is 580 g/mol. The Balaban J connectivity index is 1.76. The summed E-state index contributed by atoms with van der Waals surface area (Å²) in [6.45, 7) is 0.935. The zero-order valence-corrected chi connectivity index (χ0v) is 25.6. The Kier molecular flexibility index (Phi) is 13.0. The number of carbonyl (C=O) groups excluding carboxylic acids is 4. The second-order valence-corrected chi connectivity index (χ2v) is 12.1. The summed E-state index contributed by atoms with van der Waals surface area (Å²) >= 11 is 5.78. The molecule has 2 heterocycles.